The zero-order valence-electron chi connectivity index (χ0n) is 7.53. The monoisotopic (exact) mass is 218 g/mol. The van der Waals surface area contributed by atoms with Crippen molar-refractivity contribution in [3.63, 3.8) is 0 Å². The Labute approximate surface area is 80.5 Å². The average molecular weight is 218 g/mol. The molecule has 14 heavy (non-hydrogen) atoms. The first-order chi connectivity index (χ1) is 6.39. The van der Waals surface area contributed by atoms with Crippen molar-refractivity contribution in [3.05, 3.63) is 26.0 Å². The van der Waals surface area contributed by atoms with Crippen LogP contribution in [0.5, 0.6) is 0 Å². The SMILES string of the molecule is CCS(=O)(=O)NCc1c(N)c(=O)c1=O. The summed E-state index contributed by atoms with van der Waals surface area (Å²) in [7, 11) is -3.36. The van der Waals surface area contributed by atoms with Crippen LogP contribution in [-0.2, 0) is 16.6 Å². The summed E-state index contributed by atoms with van der Waals surface area (Å²) in [5.74, 6) is -0.0810. The Morgan fingerprint density at radius 3 is 2.29 bits per heavy atom. The summed E-state index contributed by atoms with van der Waals surface area (Å²) in [5, 5.41) is 0. The molecule has 0 unspecified atom stereocenters. The first-order valence-electron chi connectivity index (χ1n) is 3.94. The number of sulfonamides is 1. The van der Waals surface area contributed by atoms with Crippen LogP contribution in [-0.4, -0.2) is 14.2 Å². The van der Waals surface area contributed by atoms with Crippen LogP contribution >= 0.6 is 0 Å². The molecule has 0 aliphatic heterocycles. The van der Waals surface area contributed by atoms with Crippen LogP contribution in [0.1, 0.15) is 12.5 Å². The van der Waals surface area contributed by atoms with Gasteiger partial charge in [0.15, 0.2) is 0 Å². The highest BCUT2D eigenvalue weighted by molar-refractivity contribution is 7.89. The second-order valence-corrected chi connectivity index (χ2v) is 4.87. The molecule has 0 aliphatic rings. The molecule has 0 amide bonds. The number of rotatable bonds is 4. The number of hydrogen-bond donors (Lipinski definition) is 2. The van der Waals surface area contributed by atoms with Gasteiger partial charge in [-0.25, -0.2) is 13.1 Å². The largest absolute Gasteiger partial charge is 0.395 e. The van der Waals surface area contributed by atoms with Gasteiger partial charge in [-0.3, -0.25) is 9.59 Å². The Balaban J connectivity index is 2.75. The van der Waals surface area contributed by atoms with Gasteiger partial charge in [0.1, 0.15) is 0 Å². The summed E-state index contributed by atoms with van der Waals surface area (Å²) >= 11 is 0. The number of hydrogen-bond acceptors (Lipinski definition) is 5. The van der Waals surface area contributed by atoms with E-state index >= 15 is 0 Å². The maximum absolute atomic E-state index is 11.0. The molecule has 0 heterocycles. The van der Waals surface area contributed by atoms with Crippen molar-refractivity contribution < 1.29 is 8.42 Å². The lowest BCUT2D eigenvalue weighted by Gasteiger charge is -2.07. The van der Waals surface area contributed by atoms with Crippen LogP contribution in [0, 0.1) is 0 Å². The molecule has 0 radical (unpaired) electrons. The Morgan fingerprint density at radius 1 is 1.29 bits per heavy atom. The van der Waals surface area contributed by atoms with Crippen LogP contribution in [0.4, 0.5) is 5.69 Å². The predicted molar refractivity (Wildman–Crippen MR) is 52.1 cm³/mol. The lowest BCUT2D eigenvalue weighted by Crippen LogP contribution is -2.41. The topological polar surface area (TPSA) is 106 Å². The van der Waals surface area contributed by atoms with E-state index in [0.717, 1.165) is 0 Å². The Hall–Kier alpha value is -1.21. The highest BCUT2D eigenvalue weighted by Crippen LogP contribution is 2.01. The van der Waals surface area contributed by atoms with Crippen LogP contribution < -0.4 is 21.3 Å². The number of nitrogen functional groups attached to an aromatic ring is 1. The van der Waals surface area contributed by atoms with E-state index < -0.39 is 20.9 Å². The summed E-state index contributed by atoms with van der Waals surface area (Å²) in [4.78, 5) is 21.5. The molecular weight excluding hydrogens is 208 g/mol. The fourth-order valence-corrected chi connectivity index (χ4v) is 1.48. The zero-order chi connectivity index (χ0) is 10.9. The molecule has 0 aliphatic carbocycles. The average Bonchev–Trinajstić information content (AvgIpc) is 2.17. The minimum absolute atomic E-state index is 0.0482. The number of anilines is 1. The summed E-state index contributed by atoms with van der Waals surface area (Å²) in [6.07, 6.45) is 0. The van der Waals surface area contributed by atoms with Crippen molar-refractivity contribution in [2.45, 2.75) is 13.5 Å². The minimum atomic E-state index is -3.36. The molecule has 1 aromatic carbocycles. The molecule has 3 N–H and O–H groups in total. The zero-order valence-corrected chi connectivity index (χ0v) is 8.35. The molecule has 1 aromatic rings. The molecule has 0 fully saturated rings. The maximum Gasteiger partial charge on any atom is 0.249 e. The van der Waals surface area contributed by atoms with E-state index in [1.807, 2.05) is 0 Å². The van der Waals surface area contributed by atoms with E-state index in [2.05, 4.69) is 4.72 Å². The Bertz CT molecular complexity index is 510. The molecular formula is C7H10N2O4S. The van der Waals surface area contributed by atoms with Gasteiger partial charge < -0.3 is 5.73 Å². The Morgan fingerprint density at radius 2 is 1.86 bits per heavy atom. The third-order valence-electron chi connectivity index (χ3n) is 1.90. The second-order valence-electron chi connectivity index (χ2n) is 2.78. The molecule has 7 heteroatoms. The summed E-state index contributed by atoms with van der Waals surface area (Å²) < 4.78 is 24.1. The smallest absolute Gasteiger partial charge is 0.249 e. The quantitative estimate of drug-likeness (QED) is 0.586. The molecule has 0 bridgehead atoms. The standard InChI is InChI=1S/C7H10N2O4S/c1-2-14(12,13)9-3-4-5(8)7(11)6(4)10/h9H,2-3,8H2,1H3. The minimum Gasteiger partial charge on any atom is -0.395 e. The van der Waals surface area contributed by atoms with Crippen molar-refractivity contribution in [2.24, 2.45) is 0 Å². The molecule has 0 spiro atoms. The van der Waals surface area contributed by atoms with Crippen molar-refractivity contribution in [3.8, 4) is 0 Å². The summed E-state index contributed by atoms with van der Waals surface area (Å²) in [5.41, 5.74) is 3.66. The van der Waals surface area contributed by atoms with Gasteiger partial charge in [0.2, 0.25) is 20.9 Å². The van der Waals surface area contributed by atoms with Gasteiger partial charge in [-0.15, -0.1) is 0 Å². The van der Waals surface area contributed by atoms with Crippen LogP contribution in [0.15, 0.2) is 9.59 Å². The van der Waals surface area contributed by atoms with Crippen molar-refractivity contribution in [2.75, 3.05) is 11.5 Å². The van der Waals surface area contributed by atoms with Gasteiger partial charge >= 0.3 is 0 Å². The molecule has 0 aromatic heterocycles. The van der Waals surface area contributed by atoms with Crippen LogP contribution in [0.3, 0.4) is 0 Å². The van der Waals surface area contributed by atoms with Gasteiger partial charge in [-0.05, 0) is 6.92 Å². The van der Waals surface area contributed by atoms with Crippen LogP contribution in [0.25, 0.3) is 0 Å². The van der Waals surface area contributed by atoms with Gasteiger partial charge in [0.25, 0.3) is 0 Å². The first kappa shape index (κ1) is 10.9. The number of nitrogens with one attached hydrogen (secondary N) is 1. The summed E-state index contributed by atoms with van der Waals surface area (Å²) in [6, 6.07) is 0. The van der Waals surface area contributed by atoms with E-state index in [4.69, 9.17) is 5.73 Å². The normalized spacial score (nSPS) is 12.1. The van der Waals surface area contributed by atoms with E-state index in [-0.39, 0.29) is 23.5 Å². The first-order valence-corrected chi connectivity index (χ1v) is 5.59. The molecule has 0 atom stereocenters. The number of nitrogens with two attached hydrogens (primary N) is 1. The molecule has 0 saturated heterocycles. The van der Waals surface area contributed by atoms with Crippen LogP contribution in [0.2, 0.25) is 0 Å². The summed E-state index contributed by atoms with van der Waals surface area (Å²) in [6.45, 7) is 1.26. The van der Waals surface area contributed by atoms with Gasteiger partial charge in [0, 0.05) is 12.1 Å². The van der Waals surface area contributed by atoms with E-state index in [9.17, 15) is 18.0 Å². The van der Waals surface area contributed by atoms with Crippen molar-refractivity contribution >= 4 is 15.7 Å². The van der Waals surface area contributed by atoms with Crippen molar-refractivity contribution in [1.82, 2.24) is 4.72 Å². The highest BCUT2D eigenvalue weighted by Gasteiger charge is 2.18. The third kappa shape index (κ3) is 1.83. The molecule has 0 saturated carbocycles. The molecule has 78 valence electrons. The van der Waals surface area contributed by atoms with E-state index in [1.54, 1.807) is 0 Å². The fourth-order valence-electron chi connectivity index (χ4n) is 0.916. The lowest BCUT2D eigenvalue weighted by atomic mass is 10.1. The predicted octanol–water partition coefficient (Wildman–Crippen LogP) is -1.70. The Kier molecular flexibility index (Phi) is 2.72. The van der Waals surface area contributed by atoms with E-state index in [1.165, 1.54) is 6.92 Å². The molecule has 1 rings (SSSR count). The highest BCUT2D eigenvalue weighted by atomic mass is 32.2. The molecule has 6 nitrogen and oxygen atoms in total. The second kappa shape index (κ2) is 3.50. The van der Waals surface area contributed by atoms with Crippen molar-refractivity contribution in [1.29, 1.82) is 0 Å². The van der Waals surface area contributed by atoms with Gasteiger partial charge in [-0.1, -0.05) is 0 Å². The van der Waals surface area contributed by atoms with E-state index in [0.29, 0.717) is 0 Å². The maximum atomic E-state index is 11.0. The van der Waals surface area contributed by atoms with Gasteiger partial charge in [0.05, 0.1) is 11.4 Å². The third-order valence-corrected chi connectivity index (χ3v) is 3.24. The lowest BCUT2D eigenvalue weighted by molar-refractivity contribution is 0.582. The van der Waals surface area contributed by atoms with Gasteiger partial charge in [-0.2, -0.15) is 0 Å². The fraction of sp³-hybridized carbons (Fsp3) is 0.429.